The Morgan fingerprint density at radius 1 is 1.06 bits per heavy atom. The van der Waals surface area contributed by atoms with Crippen LogP contribution in [0.2, 0.25) is 0 Å². The molecule has 0 amide bonds. The van der Waals surface area contributed by atoms with E-state index in [2.05, 4.69) is 13.5 Å². The summed E-state index contributed by atoms with van der Waals surface area (Å²) in [5, 5.41) is 0. The van der Waals surface area contributed by atoms with Crippen LogP contribution in [0.5, 0.6) is 0 Å². The third-order valence-electron chi connectivity index (χ3n) is 3.25. The SMILES string of the molecule is C=CC[C@@](C)(C=O)CCCCCCCCC. The summed E-state index contributed by atoms with van der Waals surface area (Å²) in [6.45, 7) is 7.99. The maximum Gasteiger partial charge on any atom is 0.126 e. The molecule has 0 bridgehead atoms. The van der Waals surface area contributed by atoms with Crippen LogP contribution in [0.3, 0.4) is 0 Å². The first kappa shape index (κ1) is 15.4. The van der Waals surface area contributed by atoms with E-state index in [1.165, 1.54) is 44.9 Å². The van der Waals surface area contributed by atoms with Gasteiger partial charge in [-0.1, -0.05) is 64.9 Å². The van der Waals surface area contributed by atoms with Gasteiger partial charge in [0.2, 0.25) is 0 Å². The highest BCUT2D eigenvalue weighted by atomic mass is 16.1. The Labute approximate surface area is 101 Å². The first-order chi connectivity index (χ1) is 7.68. The van der Waals surface area contributed by atoms with E-state index in [0.29, 0.717) is 0 Å². The molecule has 1 nitrogen and oxygen atoms in total. The Morgan fingerprint density at radius 2 is 1.62 bits per heavy atom. The molecule has 0 N–H and O–H groups in total. The molecule has 1 atom stereocenters. The van der Waals surface area contributed by atoms with Crippen LogP contribution < -0.4 is 0 Å². The zero-order chi connectivity index (χ0) is 12.3. The van der Waals surface area contributed by atoms with Gasteiger partial charge in [-0.25, -0.2) is 0 Å². The van der Waals surface area contributed by atoms with Crippen molar-refractivity contribution in [3.05, 3.63) is 12.7 Å². The molecule has 0 aromatic heterocycles. The van der Waals surface area contributed by atoms with Crippen LogP contribution in [0.4, 0.5) is 0 Å². The van der Waals surface area contributed by atoms with Crippen molar-refractivity contribution in [1.29, 1.82) is 0 Å². The first-order valence-electron chi connectivity index (χ1n) is 6.76. The summed E-state index contributed by atoms with van der Waals surface area (Å²) in [5.74, 6) is 0. The van der Waals surface area contributed by atoms with Crippen molar-refractivity contribution in [3.63, 3.8) is 0 Å². The minimum atomic E-state index is -0.162. The van der Waals surface area contributed by atoms with Gasteiger partial charge in [-0.15, -0.1) is 6.58 Å². The molecule has 0 fully saturated rings. The van der Waals surface area contributed by atoms with Gasteiger partial charge < -0.3 is 4.79 Å². The lowest BCUT2D eigenvalue weighted by atomic mass is 9.83. The molecule has 0 radical (unpaired) electrons. The van der Waals surface area contributed by atoms with Crippen LogP contribution in [-0.2, 0) is 4.79 Å². The number of unbranched alkanes of at least 4 members (excludes halogenated alkanes) is 6. The quantitative estimate of drug-likeness (QED) is 0.277. The highest BCUT2D eigenvalue weighted by molar-refractivity contribution is 5.58. The zero-order valence-corrected chi connectivity index (χ0v) is 11.1. The van der Waals surface area contributed by atoms with Gasteiger partial charge in [-0.3, -0.25) is 0 Å². The monoisotopic (exact) mass is 224 g/mol. The molecular weight excluding hydrogens is 196 g/mol. The summed E-state index contributed by atoms with van der Waals surface area (Å²) in [6.07, 6.45) is 13.9. The predicted molar refractivity (Wildman–Crippen MR) is 71.6 cm³/mol. The van der Waals surface area contributed by atoms with Crippen LogP contribution in [0, 0.1) is 5.41 Å². The molecule has 94 valence electrons. The average Bonchev–Trinajstić information content (AvgIpc) is 2.28. The fraction of sp³-hybridized carbons (Fsp3) is 0.800. The van der Waals surface area contributed by atoms with E-state index in [4.69, 9.17) is 0 Å². The number of carbonyl (C=O) groups is 1. The lowest BCUT2D eigenvalue weighted by molar-refractivity contribution is -0.115. The maximum absolute atomic E-state index is 11.0. The summed E-state index contributed by atoms with van der Waals surface area (Å²) in [4.78, 5) is 11.0. The van der Waals surface area contributed by atoms with Gasteiger partial charge in [-0.05, 0) is 12.8 Å². The van der Waals surface area contributed by atoms with E-state index in [1.54, 1.807) is 0 Å². The van der Waals surface area contributed by atoms with E-state index in [1.807, 2.05) is 13.0 Å². The molecule has 0 heterocycles. The molecule has 16 heavy (non-hydrogen) atoms. The average molecular weight is 224 g/mol. The normalized spacial score (nSPS) is 14.4. The molecule has 0 saturated carbocycles. The highest BCUT2D eigenvalue weighted by Gasteiger charge is 2.20. The van der Waals surface area contributed by atoms with E-state index < -0.39 is 0 Å². The number of carbonyl (C=O) groups excluding carboxylic acids is 1. The van der Waals surface area contributed by atoms with E-state index in [9.17, 15) is 4.79 Å². The standard InChI is InChI=1S/C15H28O/c1-4-6-7-8-9-10-11-13-15(3,14-16)12-5-2/h5,14H,2,4,6-13H2,1,3H3/t15-/m1/s1. The second-order valence-electron chi connectivity index (χ2n) is 5.14. The van der Waals surface area contributed by atoms with Crippen LogP contribution in [-0.4, -0.2) is 6.29 Å². The molecule has 0 spiro atoms. The second-order valence-corrected chi connectivity index (χ2v) is 5.14. The van der Waals surface area contributed by atoms with Crippen LogP contribution in [0.25, 0.3) is 0 Å². The Kier molecular flexibility index (Phi) is 9.27. The van der Waals surface area contributed by atoms with Crippen molar-refractivity contribution < 1.29 is 4.79 Å². The molecule has 0 aromatic carbocycles. The smallest absolute Gasteiger partial charge is 0.126 e. The number of allylic oxidation sites excluding steroid dienone is 1. The first-order valence-corrected chi connectivity index (χ1v) is 6.76. The lowest BCUT2D eigenvalue weighted by Crippen LogP contribution is -2.16. The molecule has 0 rings (SSSR count). The van der Waals surface area contributed by atoms with E-state index in [0.717, 1.165) is 19.1 Å². The van der Waals surface area contributed by atoms with Gasteiger partial charge >= 0.3 is 0 Å². The maximum atomic E-state index is 11.0. The lowest BCUT2D eigenvalue weighted by Gasteiger charge is -2.20. The highest BCUT2D eigenvalue weighted by Crippen LogP contribution is 2.26. The molecule has 0 aliphatic heterocycles. The van der Waals surface area contributed by atoms with Crippen molar-refractivity contribution in [2.45, 2.75) is 71.6 Å². The molecule has 0 saturated heterocycles. The Hall–Kier alpha value is -0.590. The third-order valence-corrected chi connectivity index (χ3v) is 3.25. The molecule has 0 aliphatic carbocycles. The number of aldehydes is 1. The second kappa shape index (κ2) is 9.62. The van der Waals surface area contributed by atoms with Gasteiger partial charge in [0.25, 0.3) is 0 Å². The van der Waals surface area contributed by atoms with Crippen molar-refractivity contribution in [1.82, 2.24) is 0 Å². The van der Waals surface area contributed by atoms with E-state index in [-0.39, 0.29) is 5.41 Å². The Bertz CT molecular complexity index is 186. The Balaban J connectivity index is 3.48. The van der Waals surface area contributed by atoms with Gasteiger partial charge in [0.1, 0.15) is 6.29 Å². The summed E-state index contributed by atoms with van der Waals surface area (Å²) >= 11 is 0. The summed E-state index contributed by atoms with van der Waals surface area (Å²) in [7, 11) is 0. The Morgan fingerprint density at radius 3 is 2.12 bits per heavy atom. The van der Waals surface area contributed by atoms with Crippen molar-refractivity contribution in [2.75, 3.05) is 0 Å². The molecular formula is C15H28O. The predicted octanol–water partition coefficient (Wildman–Crippen LogP) is 4.91. The van der Waals surface area contributed by atoms with Gasteiger partial charge in [-0.2, -0.15) is 0 Å². The molecule has 1 heteroatoms. The molecule has 0 aromatic rings. The number of rotatable bonds is 11. The van der Waals surface area contributed by atoms with Gasteiger partial charge in [0.05, 0.1) is 0 Å². The van der Waals surface area contributed by atoms with Crippen molar-refractivity contribution >= 4 is 6.29 Å². The number of hydrogen-bond donors (Lipinski definition) is 0. The summed E-state index contributed by atoms with van der Waals surface area (Å²) in [5.41, 5.74) is -0.162. The fourth-order valence-corrected chi connectivity index (χ4v) is 2.02. The zero-order valence-electron chi connectivity index (χ0n) is 11.1. The van der Waals surface area contributed by atoms with Gasteiger partial charge in [0.15, 0.2) is 0 Å². The summed E-state index contributed by atoms with van der Waals surface area (Å²) in [6, 6.07) is 0. The topological polar surface area (TPSA) is 17.1 Å². The van der Waals surface area contributed by atoms with Crippen molar-refractivity contribution in [3.8, 4) is 0 Å². The minimum Gasteiger partial charge on any atom is -0.303 e. The third kappa shape index (κ3) is 7.67. The van der Waals surface area contributed by atoms with Crippen molar-refractivity contribution in [2.24, 2.45) is 5.41 Å². The van der Waals surface area contributed by atoms with E-state index >= 15 is 0 Å². The van der Waals surface area contributed by atoms with Crippen LogP contribution >= 0.6 is 0 Å². The van der Waals surface area contributed by atoms with Crippen LogP contribution in [0.1, 0.15) is 71.6 Å². The largest absolute Gasteiger partial charge is 0.303 e. The number of hydrogen-bond acceptors (Lipinski definition) is 1. The molecule has 0 unspecified atom stereocenters. The summed E-state index contributed by atoms with van der Waals surface area (Å²) < 4.78 is 0. The fourth-order valence-electron chi connectivity index (χ4n) is 2.02. The molecule has 0 aliphatic rings. The minimum absolute atomic E-state index is 0.162. The van der Waals surface area contributed by atoms with Gasteiger partial charge in [0, 0.05) is 5.41 Å². The van der Waals surface area contributed by atoms with Crippen LogP contribution in [0.15, 0.2) is 12.7 Å².